The van der Waals surface area contributed by atoms with Crippen LogP contribution in [0.15, 0.2) is 64.9 Å². The minimum Gasteiger partial charge on any atom is -0.493 e. The van der Waals surface area contributed by atoms with Crippen molar-refractivity contribution in [3.05, 3.63) is 71.0 Å². The lowest BCUT2D eigenvalue weighted by Gasteiger charge is -2.23. The minimum absolute atomic E-state index is 0.0638. The van der Waals surface area contributed by atoms with Gasteiger partial charge in [0.25, 0.3) is 5.91 Å². The number of rotatable bonds is 8. The average Bonchev–Trinajstić information content (AvgIpc) is 3.18. The molecule has 33 heavy (non-hydrogen) atoms. The van der Waals surface area contributed by atoms with Crippen molar-refractivity contribution in [3.8, 4) is 17.2 Å². The number of nitrogens with one attached hydrogen (secondary N) is 1. The topological polar surface area (TPSA) is 93.4 Å². The fourth-order valence-electron chi connectivity index (χ4n) is 3.40. The van der Waals surface area contributed by atoms with Crippen molar-refractivity contribution in [2.24, 2.45) is 4.99 Å². The molecule has 0 unspecified atom stereocenters. The molecule has 170 valence electrons. The number of methoxy groups -OCH3 is 1. The van der Waals surface area contributed by atoms with Gasteiger partial charge in [0.05, 0.1) is 25.9 Å². The lowest BCUT2D eigenvalue weighted by Crippen LogP contribution is -2.38. The molecule has 2 aliphatic rings. The molecule has 0 saturated heterocycles. The Bertz CT molecular complexity index is 1180. The molecular formula is C25H25N3O5. The number of nitrogens with zero attached hydrogens (tertiary/aromatic N) is 2. The molecule has 0 fully saturated rings. The number of aliphatic imine (C=N–C) groups is 1. The molecule has 2 heterocycles. The highest BCUT2D eigenvalue weighted by molar-refractivity contribution is 6.32. The summed E-state index contributed by atoms with van der Waals surface area (Å²) >= 11 is 0. The molecule has 0 aliphatic carbocycles. The average molecular weight is 447 g/mol. The van der Waals surface area contributed by atoms with Crippen LogP contribution in [0, 0.1) is 12.3 Å². The summed E-state index contributed by atoms with van der Waals surface area (Å²) < 4.78 is 17.1. The minimum atomic E-state index is -0.492. The number of amidine groups is 2. The van der Waals surface area contributed by atoms with E-state index in [4.69, 9.17) is 24.5 Å². The third-order valence-corrected chi connectivity index (χ3v) is 5.08. The van der Waals surface area contributed by atoms with Crippen molar-refractivity contribution >= 4 is 23.7 Å². The molecule has 1 N–H and O–H groups in total. The Morgan fingerprint density at radius 2 is 1.82 bits per heavy atom. The first-order valence-electron chi connectivity index (χ1n) is 10.6. The molecule has 0 bridgehead atoms. The van der Waals surface area contributed by atoms with Gasteiger partial charge in [0.2, 0.25) is 0 Å². The van der Waals surface area contributed by atoms with Crippen molar-refractivity contribution in [3.63, 3.8) is 0 Å². The zero-order chi connectivity index (χ0) is 23.4. The van der Waals surface area contributed by atoms with E-state index >= 15 is 0 Å². The van der Waals surface area contributed by atoms with Gasteiger partial charge in [-0.25, -0.2) is 0 Å². The number of hydrogen-bond acceptors (Lipinski definition) is 6. The molecule has 0 saturated carbocycles. The molecule has 0 aromatic heterocycles. The van der Waals surface area contributed by atoms with Crippen LogP contribution in [0.5, 0.6) is 17.2 Å². The number of hydrogen-bond donors (Lipinski definition) is 1. The summed E-state index contributed by atoms with van der Waals surface area (Å²) in [5, 5.41) is 9.55. The van der Waals surface area contributed by atoms with Crippen molar-refractivity contribution < 1.29 is 23.8 Å². The molecule has 2 aliphatic heterocycles. The molecule has 8 nitrogen and oxygen atoms in total. The highest BCUT2D eigenvalue weighted by Gasteiger charge is 2.34. The van der Waals surface area contributed by atoms with E-state index in [9.17, 15) is 4.79 Å². The molecule has 0 radical (unpaired) electrons. The van der Waals surface area contributed by atoms with E-state index in [0.717, 1.165) is 11.3 Å². The van der Waals surface area contributed by atoms with Crippen LogP contribution in [0.3, 0.4) is 0 Å². The Labute approximate surface area is 192 Å². The number of aryl methyl sites for hydroxylation is 1. The Balaban J connectivity index is 1.38. The Morgan fingerprint density at radius 3 is 2.58 bits per heavy atom. The van der Waals surface area contributed by atoms with Crippen LogP contribution in [0.1, 0.15) is 24.5 Å². The number of allylic oxidation sites excluding steroid dienone is 1. The van der Waals surface area contributed by atoms with Crippen LogP contribution in [-0.4, -0.2) is 43.0 Å². The Hall–Kier alpha value is -4.07. The SMILES string of the molecule is COc1cc(/C=C2\C(=N)N3OC(C)=CC3=NC2=O)ccc1OCCCOc1ccccc1C. The first-order valence-corrected chi connectivity index (χ1v) is 10.6. The van der Waals surface area contributed by atoms with E-state index in [-0.39, 0.29) is 11.4 Å². The standard InChI is InChI=1S/C25H25N3O5/c1-16-7-4-5-8-20(16)31-11-6-12-32-21-10-9-18(15-22(21)30-3)14-19-24(26)28-23(27-25(19)29)13-17(2)33-28/h4-5,7-10,13-15,26H,6,11-12H2,1-3H3/b19-14+,26-24?. The van der Waals surface area contributed by atoms with Gasteiger partial charge in [-0.3, -0.25) is 10.2 Å². The van der Waals surface area contributed by atoms with Crippen LogP contribution in [0.2, 0.25) is 0 Å². The van der Waals surface area contributed by atoms with Crippen LogP contribution >= 0.6 is 0 Å². The molecule has 2 aromatic carbocycles. The molecule has 8 heteroatoms. The predicted molar refractivity (Wildman–Crippen MR) is 125 cm³/mol. The third-order valence-electron chi connectivity index (χ3n) is 5.08. The molecule has 0 atom stereocenters. The van der Waals surface area contributed by atoms with E-state index < -0.39 is 5.91 Å². The number of hydroxylamine groups is 2. The summed E-state index contributed by atoms with van der Waals surface area (Å²) in [6.07, 6.45) is 3.91. The Morgan fingerprint density at radius 1 is 1.06 bits per heavy atom. The summed E-state index contributed by atoms with van der Waals surface area (Å²) in [6, 6.07) is 13.2. The van der Waals surface area contributed by atoms with E-state index in [1.165, 1.54) is 5.06 Å². The maximum atomic E-state index is 12.4. The first-order chi connectivity index (χ1) is 16.0. The van der Waals surface area contributed by atoms with Gasteiger partial charge in [-0.2, -0.15) is 4.99 Å². The van der Waals surface area contributed by atoms with Crippen LogP contribution in [-0.2, 0) is 9.63 Å². The molecular weight excluding hydrogens is 422 g/mol. The number of para-hydroxylation sites is 1. The van der Waals surface area contributed by atoms with E-state index in [1.54, 1.807) is 44.4 Å². The number of amides is 1. The quantitative estimate of drug-likeness (QED) is 0.479. The fraction of sp³-hybridized carbons (Fsp3) is 0.240. The number of benzene rings is 2. The number of ether oxygens (including phenoxy) is 3. The maximum absolute atomic E-state index is 12.4. The van der Waals surface area contributed by atoms with Crippen molar-refractivity contribution in [1.29, 1.82) is 5.41 Å². The molecule has 2 aromatic rings. The first kappa shape index (κ1) is 22.1. The lowest BCUT2D eigenvalue weighted by atomic mass is 10.1. The second-order valence-corrected chi connectivity index (χ2v) is 7.55. The van der Waals surface area contributed by atoms with Gasteiger partial charge < -0.3 is 19.0 Å². The van der Waals surface area contributed by atoms with E-state index in [2.05, 4.69) is 4.99 Å². The van der Waals surface area contributed by atoms with E-state index in [1.807, 2.05) is 31.2 Å². The normalized spacial score (nSPS) is 16.2. The summed E-state index contributed by atoms with van der Waals surface area (Å²) in [6.45, 7) is 4.75. The summed E-state index contributed by atoms with van der Waals surface area (Å²) in [7, 11) is 1.55. The summed E-state index contributed by atoms with van der Waals surface area (Å²) in [5.41, 5.74) is 1.91. The number of carbonyl (C=O) groups is 1. The van der Waals surface area contributed by atoms with Gasteiger partial charge >= 0.3 is 0 Å². The zero-order valence-electron chi connectivity index (χ0n) is 18.8. The summed E-state index contributed by atoms with van der Waals surface area (Å²) in [4.78, 5) is 21.9. The highest BCUT2D eigenvalue weighted by atomic mass is 16.7. The monoisotopic (exact) mass is 447 g/mol. The molecule has 1 amide bonds. The van der Waals surface area contributed by atoms with Gasteiger partial charge in [-0.05, 0) is 49.2 Å². The van der Waals surface area contributed by atoms with Gasteiger partial charge in [0, 0.05) is 12.5 Å². The van der Waals surface area contributed by atoms with Gasteiger partial charge in [0.15, 0.2) is 23.2 Å². The van der Waals surface area contributed by atoms with Gasteiger partial charge in [0.1, 0.15) is 11.5 Å². The fourth-order valence-corrected chi connectivity index (χ4v) is 3.40. The number of fused-ring (bicyclic) bond motifs is 1. The second kappa shape index (κ2) is 9.60. The third kappa shape index (κ3) is 4.90. The summed E-state index contributed by atoms with van der Waals surface area (Å²) in [5.74, 6) is 2.31. The second-order valence-electron chi connectivity index (χ2n) is 7.55. The van der Waals surface area contributed by atoms with Crippen LogP contribution in [0.4, 0.5) is 0 Å². The van der Waals surface area contributed by atoms with Gasteiger partial charge in [-0.1, -0.05) is 24.3 Å². The predicted octanol–water partition coefficient (Wildman–Crippen LogP) is 4.30. The molecule has 0 spiro atoms. The largest absolute Gasteiger partial charge is 0.493 e. The van der Waals surface area contributed by atoms with Crippen LogP contribution in [0.25, 0.3) is 6.08 Å². The van der Waals surface area contributed by atoms with E-state index in [0.29, 0.717) is 48.3 Å². The van der Waals surface area contributed by atoms with Crippen molar-refractivity contribution in [1.82, 2.24) is 5.06 Å². The number of carbonyl (C=O) groups excluding carboxylic acids is 1. The highest BCUT2D eigenvalue weighted by Crippen LogP contribution is 2.30. The van der Waals surface area contributed by atoms with Gasteiger partial charge in [-0.15, -0.1) is 5.06 Å². The van der Waals surface area contributed by atoms with Crippen LogP contribution < -0.4 is 14.2 Å². The Kier molecular flexibility index (Phi) is 6.44. The lowest BCUT2D eigenvalue weighted by molar-refractivity contribution is -0.114. The van der Waals surface area contributed by atoms with Crippen molar-refractivity contribution in [2.45, 2.75) is 20.3 Å². The molecule has 4 rings (SSSR count). The smallest absolute Gasteiger partial charge is 0.282 e. The maximum Gasteiger partial charge on any atom is 0.282 e. The zero-order valence-corrected chi connectivity index (χ0v) is 18.8. The van der Waals surface area contributed by atoms with Crippen molar-refractivity contribution in [2.75, 3.05) is 20.3 Å².